The fraction of sp³-hybridized carbons (Fsp3) is 0.350. The highest BCUT2D eigenvalue weighted by atomic mass is 32.2. The van der Waals surface area contributed by atoms with Crippen LogP contribution < -0.4 is 9.62 Å². The van der Waals surface area contributed by atoms with E-state index in [4.69, 9.17) is 0 Å². The van der Waals surface area contributed by atoms with Crippen LogP contribution in [0.5, 0.6) is 0 Å². The van der Waals surface area contributed by atoms with Gasteiger partial charge in [0.1, 0.15) is 6.54 Å². The van der Waals surface area contributed by atoms with Crippen LogP contribution in [0.3, 0.4) is 0 Å². The summed E-state index contributed by atoms with van der Waals surface area (Å²) >= 11 is 1.67. The van der Waals surface area contributed by atoms with Crippen molar-refractivity contribution in [3.8, 4) is 0 Å². The normalized spacial score (nSPS) is 11.2. The lowest BCUT2D eigenvalue weighted by molar-refractivity contribution is -0.384. The van der Waals surface area contributed by atoms with Crippen molar-refractivity contribution in [3.63, 3.8) is 0 Å². The molecule has 2 rings (SSSR count). The predicted molar refractivity (Wildman–Crippen MR) is 120 cm³/mol. The maximum absolute atomic E-state index is 12.3. The van der Waals surface area contributed by atoms with Gasteiger partial charge >= 0.3 is 0 Å². The number of sulfonamides is 1. The average molecular weight is 452 g/mol. The third-order valence-corrected chi connectivity index (χ3v) is 6.58. The quantitative estimate of drug-likeness (QED) is 0.338. The molecular weight excluding hydrogens is 426 g/mol. The Balaban J connectivity index is 1.96. The number of nitrogens with one attached hydrogen (secondary N) is 1. The third-order valence-electron chi connectivity index (χ3n) is 4.45. The summed E-state index contributed by atoms with van der Waals surface area (Å²) in [6, 6.07) is 12.0. The van der Waals surface area contributed by atoms with Gasteiger partial charge < -0.3 is 5.32 Å². The maximum Gasteiger partial charge on any atom is 0.271 e. The number of nitrogens with zero attached hydrogens (tertiary/aromatic N) is 2. The van der Waals surface area contributed by atoms with Crippen molar-refractivity contribution in [1.29, 1.82) is 0 Å². The highest BCUT2D eigenvalue weighted by Gasteiger charge is 2.24. The molecule has 1 N–H and O–H groups in total. The Labute approximate surface area is 180 Å². The molecule has 0 atom stereocenters. The van der Waals surface area contributed by atoms with Crippen molar-refractivity contribution in [2.45, 2.75) is 19.6 Å². The van der Waals surface area contributed by atoms with Crippen LogP contribution in [0.15, 0.2) is 42.5 Å². The number of rotatable bonds is 10. The lowest BCUT2D eigenvalue weighted by Crippen LogP contribution is -2.41. The van der Waals surface area contributed by atoms with Crippen LogP contribution >= 0.6 is 11.8 Å². The van der Waals surface area contributed by atoms with Crippen LogP contribution in [0.25, 0.3) is 0 Å². The number of carbonyl (C=O) groups excluding carboxylic acids is 1. The molecule has 0 aliphatic carbocycles. The lowest BCUT2D eigenvalue weighted by Gasteiger charge is -2.23. The minimum absolute atomic E-state index is 0.121. The minimum atomic E-state index is -3.81. The first-order chi connectivity index (χ1) is 14.1. The van der Waals surface area contributed by atoms with Gasteiger partial charge in [-0.25, -0.2) is 8.42 Å². The number of non-ortho nitro benzene ring substituents is 1. The highest BCUT2D eigenvalue weighted by molar-refractivity contribution is 7.98. The number of hydrogen-bond donors (Lipinski definition) is 1. The zero-order valence-electron chi connectivity index (χ0n) is 17.1. The van der Waals surface area contributed by atoms with E-state index in [0.717, 1.165) is 16.3 Å². The summed E-state index contributed by atoms with van der Waals surface area (Å²) in [5.41, 5.74) is 2.85. The van der Waals surface area contributed by atoms with E-state index in [-0.39, 0.29) is 11.4 Å². The molecule has 2 aromatic carbocycles. The van der Waals surface area contributed by atoms with Crippen LogP contribution in [0.4, 0.5) is 11.4 Å². The van der Waals surface area contributed by atoms with Crippen molar-refractivity contribution < 1.29 is 18.1 Å². The van der Waals surface area contributed by atoms with Crippen LogP contribution in [-0.4, -0.2) is 44.3 Å². The number of aryl methyl sites for hydroxylation is 2. The second-order valence-corrected chi connectivity index (χ2v) is 9.84. The van der Waals surface area contributed by atoms with E-state index in [1.165, 1.54) is 29.3 Å². The fourth-order valence-corrected chi connectivity index (χ4v) is 4.60. The Morgan fingerprint density at radius 3 is 2.50 bits per heavy atom. The lowest BCUT2D eigenvalue weighted by atomic mass is 10.1. The van der Waals surface area contributed by atoms with Gasteiger partial charge in [0.25, 0.3) is 5.69 Å². The minimum Gasteiger partial charge on any atom is -0.354 e. The summed E-state index contributed by atoms with van der Waals surface area (Å²) < 4.78 is 25.4. The molecule has 30 heavy (non-hydrogen) atoms. The zero-order valence-corrected chi connectivity index (χ0v) is 18.8. The number of carbonyl (C=O) groups is 1. The molecule has 0 aliphatic rings. The number of amides is 1. The molecule has 0 aliphatic heterocycles. The van der Waals surface area contributed by atoms with Gasteiger partial charge in [-0.15, -0.1) is 0 Å². The standard InChI is InChI=1S/C20H25N3O5S2/c1-15-6-4-5-7-17(15)14-29-11-10-21-20(24)13-22(30(3,27)28)19-12-18(23(25)26)9-8-16(19)2/h4-9,12H,10-11,13-14H2,1-3H3,(H,21,24). The molecule has 162 valence electrons. The number of nitro groups is 1. The Kier molecular flexibility index (Phi) is 8.24. The molecule has 0 aromatic heterocycles. The molecule has 0 unspecified atom stereocenters. The van der Waals surface area contributed by atoms with Crippen LogP contribution in [0.2, 0.25) is 0 Å². The summed E-state index contributed by atoms with van der Waals surface area (Å²) in [7, 11) is -3.81. The monoisotopic (exact) mass is 451 g/mol. The number of benzene rings is 2. The maximum atomic E-state index is 12.3. The average Bonchev–Trinajstić information content (AvgIpc) is 2.67. The summed E-state index contributed by atoms with van der Waals surface area (Å²) in [4.78, 5) is 22.8. The molecule has 0 radical (unpaired) electrons. The van der Waals surface area contributed by atoms with Gasteiger partial charge in [0.15, 0.2) is 0 Å². The molecule has 0 saturated carbocycles. The van der Waals surface area contributed by atoms with E-state index < -0.39 is 27.4 Å². The molecule has 0 spiro atoms. The Bertz CT molecular complexity index is 1020. The van der Waals surface area contributed by atoms with Crippen LogP contribution in [-0.2, 0) is 20.6 Å². The summed E-state index contributed by atoms with van der Waals surface area (Å²) in [5, 5.41) is 13.8. The topological polar surface area (TPSA) is 110 Å². The number of hydrogen-bond acceptors (Lipinski definition) is 6. The number of anilines is 1. The van der Waals surface area contributed by atoms with E-state index in [1.54, 1.807) is 18.7 Å². The van der Waals surface area contributed by atoms with Crippen molar-refractivity contribution >= 4 is 39.1 Å². The first kappa shape index (κ1) is 23.7. The van der Waals surface area contributed by atoms with Gasteiger partial charge in [-0.1, -0.05) is 30.3 Å². The van der Waals surface area contributed by atoms with E-state index in [1.807, 2.05) is 25.1 Å². The molecule has 8 nitrogen and oxygen atoms in total. The Hall–Kier alpha value is -2.59. The summed E-state index contributed by atoms with van der Waals surface area (Å²) in [6.45, 7) is 3.63. The molecule has 1 amide bonds. The number of nitro benzene ring substituents is 1. The van der Waals surface area contributed by atoms with Crippen molar-refractivity contribution in [2.75, 3.05) is 29.4 Å². The molecule has 0 fully saturated rings. The SMILES string of the molecule is Cc1ccccc1CSCCNC(=O)CN(c1cc([N+](=O)[O-])ccc1C)S(C)(=O)=O. The summed E-state index contributed by atoms with van der Waals surface area (Å²) in [6.07, 6.45) is 0.969. The van der Waals surface area contributed by atoms with Gasteiger partial charge in [-0.2, -0.15) is 11.8 Å². The largest absolute Gasteiger partial charge is 0.354 e. The molecule has 2 aromatic rings. The van der Waals surface area contributed by atoms with Gasteiger partial charge in [0, 0.05) is 30.2 Å². The van der Waals surface area contributed by atoms with Gasteiger partial charge in [-0.05, 0) is 30.5 Å². The first-order valence-corrected chi connectivity index (χ1v) is 12.2. The van der Waals surface area contributed by atoms with Crippen molar-refractivity contribution in [1.82, 2.24) is 5.32 Å². The third kappa shape index (κ3) is 6.74. The van der Waals surface area contributed by atoms with Crippen molar-refractivity contribution in [2.24, 2.45) is 0 Å². The van der Waals surface area contributed by atoms with Crippen molar-refractivity contribution in [3.05, 3.63) is 69.3 Å². The highest BCUT2D eigenvalue weighted by Crippen LogP contribution is 2.27. The van der Waals surface area contributed by atoms with E-state index in [9.17, 15) is 23.3 Å². The number of thioether (sulfide) groups is 1. The molecule has 0 bridgehead atoms. The smallest absolute Gasteiger partial charge is 0.271 e. The molecule has 0 saturated heterocycles. The predicted octanol–water partition coefficient (Wildman–Crippen LogP) is 3.03. The van der Waals surface area contributed by atoms with Crippen LogP contribution in [0.1, 0.15) is 16.7 Å². The molecule has 10 heteroatoms. The Morgan fingerprint density at radius 2 is 1.87 bits per heavy atom. The molecule has 0 heterocycles. The second kappa shape index (κ2) is 10.4. The second-order valence-electron chi connectivity index (χ2n) is 6.83. The van der Waals surface area contributed by atoms with E-state index in [2.05, 4.69) is 11.4 Å². The zero-order chi connectivity index (χ0) is 22.3. The van der Waals surface area contributed by atoms with E-state index in [0.29, 0.717) is 17.9 Å². The van der Waals surface area contributed by atoms with Gasteiger partial charge in [0.2, 0.25) is 15.9 Å². The van der Waals surface area contributed by atoms with Crippen LogP contribution in [0, 0.1) is 24.0 Å². The first-order valence-electron chi connectivity index (χ1n) is 9.21. The Morgan fingerprint density at radius 1 is 1.17 bits per heavy atom. The fourth-order valence-electron chi connectivity index (χ4n) is 2.76. The summed E-state index contributed by atoms with van der Waals surface area (Å²) in [5.74, 6) is 1.03. The van der Waals surface area contributed by atoms with Gasteiger partial charge in [0.05, 0.1) is 16.9 Å². The molecular formula is C20H25N3O5S2. The van der Waals surface area contributed by atoms with E-state index >= 15 is 0 Å². The van der Waals surface area contributed by atoms with Gasteiger partial charge in [-0.3, -0.25) is 19.2 Å².